The Morgan fingerprint density at radius 3 is 2.85 bits per heavy atom. The van der Waals surface area contributed by atoms with Crippen LogP contribution in [0.2, 0.25) is 0 Å². The molecular formula is C27H30F3N5O3S. The lowest BCUT2D eigenvalue weighted by molar-refractivity contribution is -0.274. The molecule has 0 saturated carbocycles. The van der Waals surface area contributed by atoms with Gasteiger partial charge in [0.1, 0.15) is 10.8 Å². The van der Waals surface area contributed by atoms with Gasteiger partial charge in [0.05, 0.1) is 5.69 Å². The van der Waals surface area contributed by atoms with E-state index in [-0.39, 0.29) is 12.2 Å². The lowest BCUT2D eigenvalue weighted by Crippen LogP contribution is -2.24. The number of ether oxygens (including phenoxy) is 2. The van der Waals surface area contributed by atoms with E-state index >= 15 is 0 Å². The lowest BCUT2D eigenvalue weighted by atomic mass is 9.95. The van der Waals surface area contributed by atoms with Gasteiger partial charge in [-0.1, -0.05) is 29.5 Å². The number of amides is 1. The fourth-order valence-corrected chi connectivity index (χ4v) is 5.34. The van der Waals surface area contributed by atoms with E-state index in [4.69, 9.17) is 4.74 Å². The van der Waals surface area contributed by atoms with Crippen LogP contribution in [0.15, 0.2) is 48.7 Å². The van der Waals surface area contributed by atoms with Crippen molar-refractivity contribution >= 4 is 27.9 Å². The van der Waals surface area contributed by atoms with Crippen LogP contribution in [0.5, 0.6) is 5.75 Å². The third-order valence-corrected chi connectivity index (χ3v) is 7.22. The highest BCUT2D eigenvalue weighted by atomic mass is 32.1. The topological polar surface area (TPSA) is 99.1 Å². The average molecular weight is 562 g/mol. The van der Waals surface area contributed by atoms with E-state index in [1.54, 1.807) is 13.1 Å². The van der Waals surface area contributed by atoms with Gasteiger partial charge in [0, 0.05) is 19.2 Å². The number of alkyl halides is 3. The van der Waals surface area contributed by atoms with Crippen LogP contribution in [0.1, 0.15) is 67.8 Å². The average Bonchev–Trinajstić information content (AvgIpc) is 3.21. The normalized spacial score (nSPS) is 16.7. The first-order valence-corrected chi connectivity index (χ1v) is 13.7. The molecule has 2 aromatic heterocycles. The van der Waals surface area contributed by atoms with E-state index in [0.717, 1.165) is 67.8 Å². The maximum Gasteiger partial charge on any atom is 0.573 e. The molecule has 1 aromatic carbocycles. The summed E-state index contributed by atoms with van der Waals surface area (Å²) in [7, 11) is 0. The molecule has 12 heteroatoms. The van der Waals surface area contributed by atoms with Crippen molar-refractivity contribution in [2.75, 3.05) is 11.9 Å². The molecule has 0 fully saturated rings. The molecule has 0 spiro atoms. The second-order valence-electron chi connectivity index (χ2n) is 9.17. The molecule has 0 bridgehead atoms. The van der Waals surface area contributed by atoms with Gasteiger partial charge in [-0.2, -0.15) is 10.2 Å². The predicted molar refractivity (Wildman–Crippen MR) is 141 cm³/mol. The molecule has 39 heavy (non-hydrogen) atoms. The van der Waals surface area contributed by atoms with Crippen molar-refractivity contribution in [3.63, 3.8) is 0 Å². The van der Waals surface area contributed by atoms with E-state index in [0.29, 0.717) is 11.0 Å². The Bertz CT molecular complexity index is 1250. The Morgan fingerprint density at radius 1 is 1.21 bits per heavy atom. The number of hydrogen-bond donors (Lipinski definition) is 1. The summed E-state index contributed by atoms with van der Waals surface area (Å²) in [4.78, 5) is 12.9. The van der Waals surface area contributed by atoms with Crippen LogP contribution in [0.25, 0.3) is 5.57 Å². The minimum atomic E-state index is -4.84. The van der Waals surface area contributed by atoms with Crippen molar-refractivity contribution < 1.29 is 27.4 Å². The van der Waals surface area contributed by atoms with Crippen LogP contribution < -0.4 is 10.1 Å². The number of aryl methyl sites for hydroxylation is 1. The number of allylic oxidation sites excluding steroid dienone is 2. The van der Waals surface area contributed by atoms with Crippen LogP contribution in [0.4, 0.5) is 18.3 Å². The summed E-state index contributed by atoms with van der Waals surface area (Å²) in [5.41, 5.74) is 2.45. The Balaban J connectivity index is 1.29. The molecular weight excluding hydrogens is 531 g/mol. The molecule has 3 aromatic rings. The van der Waals surface area contributed by atoms with Gasteiger partial charge < -0.3 is 9.47 Å². The van der Waals surface area contributed by atoms with Crippen LogP contribution in [-0.2, 0) is 16.0 Å². The molecule has 8 nitrogen and oxygen atoms in total. The molecule has 2 heterocycles. The first-order valence-electron chi connectivity index (χ1n) is 12.9. The zero-order valence-electron chi connectivity index (χ0n) is 21.5. The molecule has 2 atom stereocenters. The number of hydrogen-bond acceptors (Lipinski definition) is 8. The summed E-state index contributed by atoms with van der Waals surface area (Å²) in [5.74, 6) is -0.381. The third kappa shape index (κ3) is 8.82. The van der Waals surface area contributed by atoms with Gasteiger partial charge in [0.2, 0.25) is 5.13 Å². The number of aromatic nitrogens is 4. The van der Waals surface area contributed by atoms with Crippen molar-refractivity contribution in [1.82, 2.24) is 20.4 Å². The number of rotatable bonds is 11. The number of nitrogens with one attached hydrogen (secondary N) is 1. The number of benzene rings is 1. The van der Waals surface area contributed by atoms with Gasteiger partial charge >= 0.3 is 6.36 Å². The van der Waals surface area contributed by atoms with Crippen LogP contribution in [0, 0.1) is 5.92 Å². The summed E-state index contributed by atoms with van der Waals surface area (Å²) in [6.07, 6.45) is 5.07. The fourth-order valence-electron chi connectivity index (χ4n) is 4.56. The summed E-state index contributed by atoms with van der Waals surface area (Å²) in [5, 5.41) is 20.3. The number of carbonyl (C=O) groups excluding carboxylic acids is 1. The van der Waals surface area contributed by atoms with Gasteiger partial charge in [-0.15, -0.1) is 23.4 Å². The Hall–Kier alpha value is -3.38. The zero-order chi connectivity index (χ0) is 27.7. The molecule has 1 aliphatic rings. The molecule has 1 aliphatic carbocycles. The smallest absolute Gasteiger partial charge is 0.406 e. The molecule has 1 amide bonds. The standard InChI is InChI=1S/C27H30F3N5O3S/c1-2-37-24(20-10-5-11-21(17-20)38-27(28,29)30)25(36)32-26-35-34-23(39-26)13-4-8-18-7-3-9-19(15-14-18)22-12-6-16-31-33-22/h5-6,10-12,15-18,24H,2-4,7-9,13-14H2,1H3,(H,32,35,36). The van der Waals surface area contributed by atoms with Crippen molar-refractivity contribution in [2.45, 2.75) is 64.3 Å². The molecule has 4 rings (SSSR count). The second kappa shape index (κ2) is 13.6. The predicted octanol–water partition coefficient (Wildman–Crippen LogP) is 6.54. The van der Waals surface area contributed by atoms with Crippen LogP contribution >= 0.6 is 11.3 Å². The molecule has 0 saturated heterocycles. The van der Waals surface area contributed by atoms with E-state index < -0.39 is 24.1 Å². The highest BCUT2D eigenvalue weighted by Crippen LogP contribution is 2.31. The molecule has 1 N–H and O–H groups in total. The minimum Gasteiger partial charge on any atom is -0.406 e. The van der Waals surface area contributed by atoms with Crippen molar-refractivity contribution in [1.29, 1.82) is 0 Å². The summed E-state index contributed by atoms with van der Waals surface area (Å²) < 4.78 is 47.3. The minimum absolute atomic E-state index is 0.181. The first kappa shape index (κ1) is 28.6. The first-order chi connectivity index (χ1) is 18.8. The lowest BCUT2D eigenvalue weighted by Gasteiger charge is -2.17. The van der Waals surface area contributed by atoms with Gasteiger partial charge in [-0.05, 0) is 86.8 Å². The van der Waals surface area contributed by atoms with Crippen molar-refractivity contribution in [3.8, 4) is 5.75 Å². The van der Waals surface area contributed by atoms with Gasteiger partial charge in [-0.25, -0.2) is 0 Å². The van der Waals surface area contributed by atoms with Crippen molar-refractivity contribution in [2.24, 2.45) is 5.92 Å². The SMILES string of the molecule is CCOC(C(=O)Nc1nnc(CCCC2CC=C(c3cccnn3)CCC2)s1)c1cccc(OC(F)(F)F)c1. The molecule has 208 valence electrons. The van der Waals surface area contributed by atoms with Crippen LogP contribution in [-0.4, -0.2) is 39.3 Å². The largest absolute Gasteiger partial charge is 0.573 e. The number of nitrogens with zero attached hydrogens (tertiary/aromatic N) is 4. The number of anilines is 1. The summed E-state index contributed by atoms with van der Waals surface area (Å²) in [6, 6.07) is 9.09. The van der Waals surface area contributed by atoms with Gasteiger partial charge in [-0.3, -0.25) is 10.1 Å². The Kier molecular flexibility index (Phi) is 9.99. The highest BCUT2D eigenvalue weighted by Gasteiger charge is 2.32. The quantitative estimate of drug-likeness (QED) is 0.284. The van der Waals surface area contributed by atoms with E-state index in [9.17, 15) is 18.0 Å². The Labute approximate surface area is 228 Å². The van der Waals surface area contributed by atoms with Crippen LogP contribution in [0.3, 0.4) is 0 Å². The number of halogens is 3. The summed E-state index contributed by atoms with van der Waals surface area (Å²) >= 11 is 1.28. The van der Waals surface area contributed by atoms with E-state index in [2.05, 4.69) is 36.5 Å². The molecule has 2 unspecified atom stereocenters. The second-order valence-corrected chi connectivity index (χ2v) is 10.2. The molecule has 0 radical (unpaired) electrons. The van der Waals surface area contributed by atoms with E-state index in [1.165, 1.54) is 29.0 Å². The fraction of sp³-hybridized carbons (Fsp3) is 0.444. The van der Waals surface area contributed by atoms with Crippen molar-refractivity contribution in [3.05, 3.63) is 64.9 Å². The maximum absolute atomic E-state index is 12.9. The maximum atomic E-state index is 12.9. The monoisotopic (exact) mass is 561 g/mol. The Morgan fingerprint density at radius 2 is 2.08 bits per heavy atom. The van der Waals surface area contributed by atoms with Gasteiger partial charge in [0.15, 0.2) is 6.10 Å². The highest BCUT2D eigenvalue weighted by molar-refractivity contribution is 7.15. The zero-order valence-corrected chi connectivity index (χ0v) is 22.3. The third-order valence-electron chi connectivity index (χ3n) is 6.32. The molecule has 0 aliphatic heterocycles. The van der Waals surface area contributed by atoms with E-state index in [1.807, 2.05) is 12.1 Å². The summed E-state index contributed by atoms with van der Waals surface area (Å²) in [6.45, 7) is 1.88. The number of carbonyl (C=O) groups is 1. The van der Waals surface area contributed by atoms with Gasteiger partial charge in [0.25, 0.3) is 5.91 Å².